The number of nitrogens with one attached hydrogen (secondary N) is 1. The van der Waals surface area contributed by atoms with E-state index in [0.29, 0.717) is 35.5 Å². The first-order valence-corrected chi connectivity index (χ1v) is 10.5. The summed E-state index contributed by atoms with van der Waals surface area (Å²) in [5.74, 6) is 0.250. The SMILES string of the molecule is CCn1nc(C)c2c1c(=O)n(CCc1ccccc1)c(=O)n2CC(=O)NCc1ccco1. The molecule has 166 valence electrons. The molecule has 0 saturated carbocycles. The number of aromatic nitrogens is 4. The summed E-state index contributed by atoms with van der Waals surface area (Å²) in [5, 5.41) is 7.17. The zero-order valence-electron chi connectivity index (χ0n) is 18.1. The lowest BCUT2D eigenvalue weighted by Crippen LogP contribution is -2.43. The molecule has 4 rings (SSSR count). The Morgan fingerprint density at radius 1 is 1.06 bits per heavy atom. The lowest BCUT2D eigenvalue weighted by molar-refractivity contribution is -0.121. The molecule has 1 amide bonds. The van der Waals surface area contributed by atoms with Gasteiger partial charge in [0, 0.05) is 13.1 Å². The molecule has 0 radical (unpaired) electrons. The lowest BCUT2D eigenvalue weighted by Gasteiger charge is -2.13. The Morgan fingerprint density at radius 3 is 2.53 bits per heavy atom. The normalized spacial score (nSPS) is 11.2. The van der Waals surface area contributed by atoms with E-state index in [1.807, 2.05) is 37.3 Å². The Labute approximate surface area is 183 Å². The number of hydrogen-bond acceptors (Lipinski definition) is 5. The van der Waals surface area contributed by atoms with Gasteiger partial charge in [0.05, 0.1) is 18.5 Å². The summed E-state index contributed by atoms with van der Waals surface area (Å²) < 4.78 is 9.36. The fraction of sp³-hybridized carbons (Fsp3) is 0.304. The fourth-order valence-corrected chi connectivity index (χ4v) is 3.82. The molecule has 32 heavy (non-hydrogen) atoms. The number of carbonyl (C=O) groups is 1. The number of aryl methyl sites for hydroxylation is 3. The van der Waals surface area contributed by atoms with Crippen molar-refractivity contribution in [3.8, 4) is 0 Å². The van der Waals surface area contributed by atoms with E-state index in [2.05, 4.69) is 10.4 Å². The lowest BCUT2D eigenvalue weighted by atomic mass is 10.1. The van der Waals surface area contributed by atoms with Crippen molar-refractivity contribution in [3.63, 3.8) is 0 Å². The van der Waals surface area contributed by atoms with Crippen LogP contribution in [0.1, 0.15) is 23.9 Å². The Hall–Kier alpha value is -3.88. The highest BCUT2D eigenvalue weighted by molar-refractivity contribution is 5.81. The summed E-state index contributed by atoms with van der Waals surface area (Å²) in [5.41, 5.74) is 1.36. The van der Waals surface area contributed by atoms with Crippen molar-refractivity contribution >= 4 is 16.9 Å². The molecule has 4 aromatic rings. The van der Waals surface area contributed by atoms with Crippen LogP contribution >= 0.6 is 0 Å². The summed E-state index contributed by atoms with van der Waals surface area (Å²) >= 11 is 0. The Kier molecular flexibility index (Phi) is 6.07. The Bertz CT molecular complexity index is 1350. The van der Waals surface area contributed by atoms with E-state index in [9.17, 15) is 14.4 Å². The van der Waals surface area contributed by atoms with E-state index >= 15 is 0 Å². The van der Waals surface area contributed by atoms with Crippen LogP contribution in [0.25, 0.3) is 11.0 Å². The van der Waals surface area contributed by atoms with Crippen molar-refractivity contribution in [2.24, 2.45) is 0 Å². The van der Waals surface area contributed by atoms with Gasteiger partial charge < -0.3 is 9.73 Å². The summed E-state index contributed by atoms with van der Waals surface area (Å²) in [4.78, 5) is 39.2. The number of amides is 1. The molecule has 0 bridgehead atoms. The van der Waals surface area contributed by atoms with Gasteiger partial charge in [-0.3, -0.25) is 23.4 Å². The van der Waals surface area contributed by atoms with E-state index < -0.39 is 11.2 Å². The molecule has 3 aromatic heterocycles. The van der Waals surface area contributed by atoms with E-state index in [0.717, 1.165) is 5.56 Å². The van der Waals surface area contributed by atoms with Gasteiger partial charge in [0.15, 0.2) is 5.52 Å². The summed E-state index contributed by atoms with van der Waals surface area (Å²) in [6.07, 6.45) is 2.05. The third kappa shape index (κ3) is 4.14. The number of carbonyl (C=O) groups excluding carboxylic acids is 1. The van der Waals surface area contributed by atoms with Gasteiger partial charge in [0.25, 0.3) is 5.56 Å². The smallest absolute Gasteiger partial charge is 0.332 e. The minimum atomic E-state index is -0.523. The molecule has 0 saturated heterocycles. The van der Waals surface area contributed by atoms with Crippen LogP contribution in [0.2, 0.25) is 0 Å². The Balaban J connectivity index is 1.72. The number of rotatable bonds is 8. The van der Waals surface area contributed by atoms with Crippen molar-refractivity contribution in [2.45, 2.75) is 46.4 Å². The standard InChI is InChI=1S/C23H25N5O4/c1-3-28-21-20(16(2)25-28)27(15-19(29)24-14-18-10-7-13-32-18)23(31)26(22(21)30)12-11-17-8-5-4-6-9-17/h4-10,13H,3,11-12,14-15H2,1-2H3,(H,24,29). The summed E-state index contributed by atoms with van der Waals surface area (Å²) in [6, 6.07) is 13.1. The van der Waals surface area contributed by atoms with Gasteiger partial charge in [-0.2, -0.15) is 5.10 Å². The highest BCUT2D eigenvalue weighted by Gasteiger charge is 2.21. The van der Waals surface area contributed by atoms with Crippen LogP contribution in [-0.2, 0) is 37.4 Å². The van der Waals surface area contributed by atoms with Crippen LogP contribution in [0.5, 0.6) is 0 Å². The van der Waals surface area contributed by atoms with Gasteiger partial charge in [0.2, 0.25) is 5.91 Å². The maximum atomic E-state index is 13.3. The average Bonchev–Trinajstić information content (AvgIpc) is 3.43. The summed E-state index contributed by atoms with van der Waals surface area (Å²) in [7, 11) is 0. The van der Waals surface area contributed by atoms with Gasteiger partial charge in [-0.25, -0.2) is 4.79 Å². The number of nitrogens with zero attached hydrogens (tertiary/aromatic N) is 4. The van der Waals surface area contributed by atoms with Crippen molar-refractivity contribution in [3.05, 3.63) is 86.6 Å². The van der Waals surface area contributed by atoms with Crippen LogP contribution in [0.15, 0.2) is 62.7 Å². The highest BCUT2D eigenvalue weighted by Crippen LogP contribution is 2.14. The van der Waals surface area contributed by atoms with Crippen LogP contribution in [-0.4, -0.2) is 24.8 Å². The molecule has 0 fully saturated rings. The second-order valence-electron chi connectivity index (χ2n) is 7.52. The minimum Gasteiger partial charge on any atom is -0.467 e. The topological polar surface area (TPSA) is 104 Å². The molecule has 0 aliphatic carbocycles. The molecule has 0 atom stereocenters. The van der Waals surface area contributed by atoms with Gasteiger partial charge >= 0.3 is 5.69 Å². The second-order valence-corrected chi connectivity index (χ2v) is 7.52. The molecule has 0 spiro atoms. The molecule has 9 nitrogen and oxygen atoms in total. The molecule has 1 N–H and O–H groups in total. The first-order chi connectivity index (χ1) is 15.5. The van der Waals surface area contributed by atoms with E-state index in [1.54, 1.807) is 23.7 Å². The van der Waals surface area contributed by atoms with E-state index in [-0.39, 0.29) is 25.5 Å². The average molecular weight is 435 g/mol. The third-order valence-corrected chi connectivity index (χ3v) is 5.38. The van der Waals surface area contributed by atoms with Crippen LogP contribution < -0.4 is 16.6 Å². The number of benzene rings is 1. The maximum absolute atomic E-state index is 13.3. The number of hydrogen-bond donors (Lipinski definition) is 1. The van der Waals surface area contributed by atoms with Crippen molar-refractivity contribution in [1.29, 1.82) is 0 Å². The minimum absolute atomic E-state index is 0.208. The summed E-state index contributed by atoms with van der Waals surface area (Å²) in [6.45, 7) is 4.29. The zero-order valence-corrected chi connectivity index (χ0v) is 18.1. The van der Waals surface area contributed by atoms with Crippen molar-refractivity contribution < 1.29 is 9.21 Å². The first-order valence-electron chi connectivity index (χ1n) is 10.5. The van der Waals surface area contributed by atoms with E-state index in [4.69, 9.17) is 4.42 Å². The van der Waals surface area contributed by atoms with Gasteiger partial charge in [-0.05, 0) is 38.0 Å². The predicted octanol–water partition coefficient (Wildman–Crippen LogP) is 1.84. The monoisotopic (exact) mass is 435 g/mol. The molecule has 1 aromatic carbocycles. The van der Waals surface area contributed by atoms with Crippen molar-refractivity contribution in [1.82, 2.24) is 24.2 Å². The molecule has 0 aliphatic heterocycles. The Morgan fingerprint density at radius 2 is 1.84 bits per heavy atom. The van der Waals surface area contributed by atoms with E-state index in [1.165, 1.54) is 15.4 Å². The van der Waals surface area contributed by atoms with Crippen LogP contribution in [0, 0.1) is 6.92 Å². The maximum Gasteiger partial charge on any atom is 0.332 e. The highest BCUT2D eigenvalue weighted by atomic mass is 16.3. The zero-order chi connectivity index (χ0) is 22.7. The predicted molar refractivity (Wildman–Crippen MR) is 119 cm³/mol. The molecular formula is C23H25N5O4. The molecular weight excluding hydrogens is 410 g/mol. The number of furan rings is 1. The molecule has 0 aliphatic rings. The van der Waals surface area contributed by atoms with Crippen LogP contribution in [0.4, 0.5) is 0 Å². The van der Waals surface area contributed by atoms with Gasteiger partial charge in [-0.15, -0.1) is 0 Å². The van der Waals surface area contributed by atoms with Crippen LogP contribution in [0.3, 0.4) is 0 Å². The van der Waals surface area contributed by atoms with Gasteiger partial charge in [0.1, 0.15) is 17.8 Å². The third-order valence-electron chi connectivity index (χ3n) is 5.38. The fourth-order valence-electron chi connectivity index (χ4n) is 3.82. The first kappa shape index (κ1) is 21.4. The van der Waals surface area contributed by atoms with Gasteiger partial charge in [-0.1, -0.05) is 30.3 Å². The molecule has 3 heterocycles. The quantitative estimate of drug-likeness (QED) is 0.455. The van der Waals surface area contributed by atoms with Crippen molar-refractivity contribution in [2.75, 3.05) is 0 Å². The second kappa shape index (κ2) is 9.09. The largest absolute Gasteiger partial charge is 0.467 e. The molecule has 9 heteroatoms. The molecule has 0 unspecified atom stereocenters. The number of fused-ring (bicyclic) bond motifs is 1.